The average Bonchev–Trinajstić information content (AvgIpc) is 2.58. The van der Waals surface area contributed by atoms with Crippen LogP contribution in [0.15, 0.2) is 24.3 Å². The Labute approximate surface area is 156 Å². The van der Waals surface area contributed by atoms with Crippen molar-refractivity contribution in [3.63, 3.8) is 0 Å². The zero-order valence-corrected chi connectivity index (χ0v) is 15.6. The van der Waals surface area contributed by atoms with Crippen LogP contribution in [-0.2, 0) is 11.2 Å². The van der Waals surface area contributed by atoms with Gasteiger partial charge in [-0.1, -0.05) is 24.3 Å². The molecule has 1 amide bonds. The van der Waals surface area contributed by atoms with E-state index in [1.54, 1.807) is 0 Å². The summed E-state index contributed by atoms with van der Waals surface area (Å²) in [6.07, 6.45) is 8.73. The monoisotopic (exact) mass is 360 g/mol. The molecule has 1 aliphatic heterocycles. The molecule has 4 fully saturated rings. The van der Waals surface area contributed by atoms with Crippen LogP contribution in [0.3, 0.4) is 0 Å². The molecule has 136 valence electrons. The first-order valence-electron chi connectivity index (χ1n) is 9.81. The van der Waals surface area contributed by atoms with Crippen LogP contribution in [0.4, 0.5) is 0 Å². The number of carbonyl (C=O) groups is 1. The Morgan fingerprint density at radius 2 is 1.72 bits per heavy atom. The first-order valence-corrected chi connectivity index (χ1v) is 9.81. The maximum absolute atomic E-state index is 13.1. The molecule has 4 aliphatic carbocycles. The molecule has 4 saturated carbocycles. The second kappa shape index (κ2) is 6.59. The molecule has 1 heterocycles. The molecule has 1 unspecified atom stereocenters. The lowest BCUT2D eigenvalue weighted by Gasteiger charge is -2.55. The second-order valence-corrected chi connectivity index (χ2v) is 8.86. The van der Waals surface area contributed by atoms with E-state index in [1.165, 1.54) is 30.4 Å². The van der Waals surface area contributed by atoms with Crippen molar-refractivity contribution in [2.45, 2.75) is 51.0 Å². The number of amides is 1. The number of nitrogens with one attached hydrogen (secondary N) is 2. The van der Waals surface area contributed by atoms with Crippen molar-refractivity contribution in [2.24, 2.45) is 23.2 Å². The van der Waals surface area contributed by atoms with Crippen molar-refractivity contribution in [2.75, 3.05) is 13.1 Å². The van der Waals surface area contributed by atoms with Gasteiger partial charge in [0, 0.05) is 18.0 Å². The van der Waals surface area contributed by atoms with Crippen LogP contribution in [0, 0.1) is 23.2 Å². The Bertz CT molecular complexity index is 624. The lowest BCUT2D eigenvalue weighted by Crippen LogP contribution is -2.54. The predicted octanol–water partition coefficient (Wildman–Crippen LogP) is 3.63. The van der Waals surface area contributed by atoms with Gasteiger partial charge in [0.05, 0.1) is 0 Å². The molecule has 1 atom stereocenters. The van der Waals surface area contributed by atoms with Crippen LogP contribution in [0.25, 0.3) is 0 Å². The van der Waals surface area contributed by atoms with Crippen molar-refractivity contribution in [3.05, 3.63) is 35.4 Å². The number of hydrogen-bond donors (Lipinski definition) is 2. The van der Waals surface area contributed by atoms with Gasteiger partial charge >= 0.3 is 0 Å². The van der Waals surface area contributed by atoms with E-state index < -0.39 is 0 Å². The predicted molar refractivity (Wildman–Crippen MR) is 102 cm³/mol. The van der Waals surface area contributed by atoms with Gasteiger partial charge in [-0.25, -0.2) is 0 Å². The molecule has 25 heavy (non-hydrogen) atoms. The minimum atomic E-state index is -0.0249. The van der Waals surface area contributed by atoms with Crippen LogP contribution < -0.4 is 10.6 Å². The van der Waals surface area contributed by atoms with Gasteiger partial charge < -0.3 is 10.6 Å². The topological polar surface area (TPSA) is 41.1 Å². The number of carbonyl (C=O) groups excluding carboxylic acids is 1. The van der Waals surface area contributed by atoms with Crippen LogP contribution in [-0.4, -0.2) is 19.0 Å². The molecule has 1 aromatic rings. The molecule has 0 saturated heterocycles. The van der Waals surface area contributed by atoms with E-state index in [4.69, 9.17) is 0 Å². The number of benzene rings is 1. The van der Waals surface area contributed by atoms with Gasteiger partial charge in [-0.2, -0.15) is 0 Å². The molecule has 1 aromatic carbocycles. The molecule has 4 bridgehead atoms. The van der Waals surface area contributed by atoms with Gasteiger partial charge in [0.15, 0.2) is 0 Å². The summed E-state index contributed by atoms with van der Waals surface area (Å²) in [5.74, 6) is 2.84. The summed E-state index contributed by atoms with van der Waals surface area (Å²) in [4.78, 5) is 13.1. The van der Waals surface area contributed by atoms with Crippen molar-refractivity contribution in [3.8, 4) is 0 Å². The molecule has 6 rings (SSSR count). The third kappa shape index (κ3) is 3.00. The zero-order valence-electron chi connectivity index (χ0n) is 14.8. The lowest BCUT2D eigenvalue weighted by molar-refractivity contribution is -0.146. The van der Waals surface area contributed by atoms with Crippen LogP contribution in [0.5, 0.6) is 0 Å². The molecule has 0 aromatic heterocycles. The average molecular weight is 361 g/mol. The Balaban J connectivity index is 0.00000157. The molecule has 3 nitrogen and oxygen atoms in total. The fraction of sp³-hybridized carbons (Fsp3) is 0.667. The quantitative estimate of drug-likeness (QED) is 0.864. The summed E-state index contributed by atoms with van der Waals surface area (Å²) in [6, 6.07) is 8.94. The first kappa shape index (κ1) is 17.4. The van der Waals surface area contributed by atoms with Crippen molar-refractivity contribution >= 4 is 18.3 Å². The summed E-state index contributed by atoms with van der Waals surface area (Å²) in [5, 5.41) is 6.94. The molecule has 2 N–H and O–H groups in total. The number of rotatable bonds is 3. The number of fused-ring (bicyclic) bond motifs is 1. The Morgan fingerprint density at radius 1 is 1.08 bits per heavy atom. The maximum atomic E-state index is 13.1. The highest BCUT2D eigenvalue weighted by Gasteiger charge is 2.54. The van der Waals surface area contributed by atoms with E-state index in [9.17, 15) is 4.79 Å². The Hall–Kier alpha value is -1.06. The van der Waals surface area contributed by atoms with Gasteiger partial charge in [-0.15, -0.1) is 12.4 Å². The first-order chi connectivity index (χ1) is 11.7. The summed E-state index contributed by atoms with van der Waals surface area (Å²) in [6.45, 7) is 1.74. The highest BCUT2D eigenvalue weighted by Crippen LogP contribution is 2.60. The third-order valence-corrected chi connectivity index (χ3v) is 7.20. The fourth-order valence-electron chi connectivity index (χ4n) is 6.55. The second-order valence-electron chi connectivity index (χ2n) is 8.86. The van der Waals surface area contributed by atoms with Gasteiger partial charge in [-0.05, 0) is 80.4 Å². The largest absolute Gasteiger partial charge is 0.354 e. The fourth-order valence-corrected chi connectivity index (χ4v) is 6.55. The number of halogens is 1. The molecule has 4 heteroatoms. The van der Waals surface area contributed by atoms with Crippen LogP contribution >= 0.6 is 12.4 Å². The van der Waals surface area contributed by atoms with Crippen molar-refractivity contribution < 1.29 is 4.79 Å². The highest BCUT2D eigenvalue weighted by atomic mass is 35.5. The summed E-state index contributed by atoms with van der Waals surface area (Å²) in [5.41, 5.74) is 2.78. The van der Waals surface area contributed by atoms with Crippen molar-refractivity contribution in [1.82, 2.24) is 10.6 Å². The van der Waals surface area contributed by atoms with E-state index in [1.807, 2.05) is 0 Å². The zero-order chi connectivity index (χ0) is 16.1. The minimum absolute atomic E-state index is 0. The molecular weight excluding hydrogens is 332 g/mol. The van der Waals surface area contributed by atoms with E-state index >= 15 is 0 Å². The summed E-state index contributed by atoms with van der Waals surface area (Å²) < 4.78 is 0. The summed E-state index contributed by atoms with van der Waals surface area (Å²) >= 11 is 0. The molecule has 0 radical (unpaired) electrons. The Kier molecular flexibility index (Phi) is 4.57. The standard InChI is InChI=1S/C21H28N2O.ClH/c24-20(21-10-14-7-15(11-21)9-16(8-14)12-21)23-13-19-18-4-2-1-3-17(18)5-6-22-19;/h1-4,14-16,19,22H,5-13H2,(H,23,24);1H. The highest BCUT2D eigenvalue weighted by molar-refractivity contribution is 5.85. The lowest BCUT2D eigenvalue weighted by atomic mass is 9.49. The van der Waals surface area contributed by atoms with Crippen molar-refractivity contribution in [1.29, 1.82) is 0 Å². The third-order valence-electron chi connectivity index (χ3n) is 7.20. The van der Waals surface area contributed by atoms with E-state index in [0.29, 0.717) is 5.91 Å². The van der Waals surface area contributed by atoms with Gasteiger partial charge in [0.25, 0.3) is 0 Å². The number of hydrogen-bond acceptors (Lipinski definition) is 2. The normalized spacial score (nSPS) is 37.9. The SMILES string of the molecule is Cl.O=C(NCC1NCCc2ccccc21)C12CC3CC(CC(C3)C1)C2. The molecule has 0 spiro atoms. The van der Waals surface area contributed by atoms with Gasteiger partial charge in [0.1, 0.15) is 0 Å². The van der Waals surface area contributed by atoms with Gasteiger partial charge in [-0.3, -0.25) is 4.79 Å². The Morgan fingerprint density at radius 3 is 2.40 bits per heavy atom. The van der Waals surface area contributed by atoms with Gasteiger partial charge in [0.2, 0.25) is 5.91 Å². The van der Waals surface area contributed by atoms with E-state index in [2.05, 4.69) is 34.9 Å². The maximum Gasteiger partial charge on any atom is 0.226 e. The van der Waals surface area contributed by atoms with Crippen LogP contribution in [0.1, 0.15) is 55.7 Å². The van der Waals surface area contributed by atoms with E-state index in [0.717, 1.165) is 56.5 Å². The van der Waals surface area contributed by atoms with E-state index in [-0.39, 0.29) is 23.9 Å². The van der Waals surface area contributed by atoms with Crippen LogP contribution in [0.2, 0.25) is 0 Å². The molecular formula is C21H29ClN2O. The smallest absolute Gasteiger partial charge is 0.226 e. The molecule has 5 aliphatic rings. The summed E-state index contributed by atoms with van der Waals surface area (Å²) in [7, 11) is 0. The minimum Gasteiger partial charge on any atom is -0.354 e.